The van der Waals surface area contributed by atoms with Gasteiger partial charge in [0.25, 0.3) is 0 Å². The van der Waals surface area contributed by atoms with E-state index in [0.29, 0.717) is 5.89 Å². The number of aromatic nitrogens is 3. The number of oxazole rings is 1. The van der Waals surface area contributed by atoms with Crippen molar-refractivity contribution >= 4 is 49.5 Å². The van der Waals surface area contributed by atoms with E-state index in [2.05, 4.69) is 94.3 Å². The van der Waals surface area contributed by atoms with Crippen molar-refractivity contribution in [1.29, 1.82) is 0 Å². The Morgan fingerprint density at radius 1 is 0.500 bits per heavy atom. The molecule has 0 spiro atoms. The van der Waals surface area contributed by atoms with Gasteiger partial charge in [0.2, 0.25) is 5.89 Å². The molecule has 0 aliphatic carbocycles. The minimum atomic E-state index is 0.638. The molecule has 5 aromatic carbocycles. The number of rotatable bonds is 2. The van der Waals surface area contributed by atoms with E-state index >= 15 is 0 Å². The molecule has 0 unspecified atom stereocenters. The van der Waals surface area contributed by atoms with Gasteiger partial charge in [-0.3, -0.25) is 4.40 Å². The molecule has 3 aromatic heterocycles. The van der Waals surface area contributed by atoms with Crippen LogP contribution >= 0.6 is 0 Å². The second-order valence-corrected chi connectivity index (χ2v) is 9.10. The summed E-state index contributed by atoms with van der Waals surface area (Å²) in [6.45, 7) is 0. The fourth-order valence-corrected chi connectivity index (χ4v) is 5.29. The normalized spacial score (nSPS) is 11.9. The first-order valence-electron chi connectivity index (χ1n) is 12.0. The third-order valence-corrected chi connectivity index (χ3v) is 7.02. The summed E-state index contributed by atoms with van der Waals surface area (Å²) in [4.78, 5) is 9.68. The molecule has 168 valence electrons. The van der Waals surface area contributed by atoms with E-state index in [-0.39, 0.29) is 0 Å². The van der Waals surface area contributed by atoms with Crippen molar-refractivity contribution in [1.82, 2.24) is 14.4 Å². The van der Waals surface area contributed by atoms with Crippen LogP contribution in [-0.2, 0) is 0 Å². The van der Waals surface area contributed by atoms with Crippen molar-refractivity contribution in [2.24, 2.45) is 0 Å². The van der Waals surface area contributed by atoms with Crippen molar-refractivity contribution in [2.45, 2.75) is 0 Å². The summed E-state index contributed by atoms with van der Waals surface area (Å²) in [7, 11) is 0. The van der Waals surface area contributed by atoms with Gasteiger partial charge in [0.05, 0.1) is 16.6 Å². The van der Waals surface area contributed by atoms with Gasteiger partial charge < -0.3 is 4.42 Å². The maximum atomic E-state index is 5.95. The van der Waals surface area contributed by atoms with E-state index < -0.39 is 0 Å². The number of nitrogens with zero attached hydrogens (tertiary/aromatic N) is 3. The van der Waals surface area contributed by atoms with E-state index in [0.717, 1.165) is 49.9 Å². The van der Waals surface area contributed by atoms with Crippen LogP contribution < -0.4 is 0 Å². The van der Waals surface area contributed by atoms with Gasteiger partial charge in [-0.25, -0.2) is 9.97 Å². The molecular formula is C32H19N3O. The van der Waals surface area contributed by atoms with Crippen LogP contribution in [0.25, 0.3) is 72.0 Å². The minimum Gasteiger partial charge on any atom is -0.436 e. The third kappa shape index (κ3) is 2.75. The second-order valence-electron chi connectivity index (χ2n) is 9.10. The quantitative estimate of drug-likeness (QED) is 0.243. The molecular weight excluding hydrogens is 442 g/mol. The average Bonchev–Trinajstić information content (AvgIpc) is 3.55. The maximum absolute atomic E-state index is 5.95. The van der Waals surface area contributed by atoms with Crippen LogP contribution in [-0.4, -0.2) is 14.4 Å². The predicted molar refractivity (Wildman–Crippen MR) is 146 cm³/mol. The highest BCUT2D eigenvalue weighted by molar-refractivity contribution is 6.14. The van der Waals surface area contributed by atoms with E-state index in [1.54, 1.807) is 0 Å². The number of hydrogen-bond donors (Lipinski definition) is 0. The number of para-hydroxylation sites is 5. The fourth-order valence-electron chi connectivity index (χ4n) is 5.29. The van der Waals surface area contributed by atoms with Crippen LogP contribution in [0.15, 0.2) is 120 Å². The van der Waals surface area contributed by atoms with Gasteiger partial charge in [-0.1, -0.05) is 66.7 Å². The zero-order chi connectivity index (χ0) is 23.6. The fraction of sp³-hybridized carbons (Fsp3) is 0. The lowest BCUT2D eigenvalue weighted by Gasteiger charge is -2.11. The first-order valence-corrected chi connectivity index (χ1v) is 12.0. The molecule has 36 heavy (non-hydrogen) atoms. The molecule has 4 heteroatoms. The van der Waals surface area contributed by atoms with E-state index in [1.807, 2.05) is 30.3 Å². The van der Waals surface area contributed by atoms with E-state index in [1.165, 1.54) is 16.3 Å². The Morgan fingerprint density at radius 2 is 1.19 bits per heavy atom. The summed E-state index contributed by atoms with van der Waals surface area (Å²) in [5.41, 5.74) is 9.20. The molecule has 0 amide bonds. The summed E-state index contributed by atoms with van der Waals surface area (Å²) < 4.78 is 8.24. The Kier molecular flexibility index (Phi) is 3.91. The Hall–Kier alpha value is -4.96. The number of hydrogen-bond acceptors (Lipinski definition) is 3. The highest BCUT2D eigenvalue weighted by atomic mass is 16.3. The smallest absolute Gasteiger partial charge is 0.227 e. The lowest BCUT2D eigenvalue weighted by molar-refractivity contribution is 0.620. The number of benzene rings is 5. The van der Waals surface area contributed by atoms with Crippen molar-refractivity contribution in [2.75, 3.05) is 0 Å². The van der Waals surface area contributed by atoms with Gasteiger partial charge in [0.1, 0.15) is 11.2 Å². The van der Waals surface area contributed by atoms with Crippen LogP contribution in [0.4, 0.5) is 0 Å². The highest BCUT2D eigenvalue weighted by Crippen LogP contribution is 2.35. The van der Waals surface area contributed by atoms with Crippen LogP contribution in [0.1, 0.15) is 0 Å². The molecule has 3 heterocycles. The van der Waals surface area contributed by atoms with Crippen molar-refractivity contribution in [3.63, 3.8) is 0 Å². The summed E-state index contributed by atoms with van der Waals surface area (Å²) in [5, 5.41) is 3.58. The summed E-state index contributed by atoms with van der Waals surface area (Å²) in [5.74, 6) is 0.638. The SMILES string of the molecule is c1ccc2oc(-c3ccc(-c4ccc5c6ccccc6n6c7ccccc7nc6c5c4)cc3)nc2c1. The number of fused-ring (bicyclic) bond motifs is 9. The van der Waals surface area contributed by atoms with Gasteiger partial charge in [0.15, 0.2) is 5.58 Å². The van der Waals surface area contributed by atoms with Crippen molar-refractivity contribution in [3.05, 3.63) is 115 Å². The topological polar surface area (TPSA) is 43.3 Å². The first-order chi connectivity index (χ1) is 17.8. The minimum absolute atomic E-state index is 0.638. The molecule has 0 saturated carbocycles. The van der Waals surface area contributed by atoms with E-state index in [9.17, 15) is 0 Å². The van der Waals surface area contributed by atoms with Crippen LogP contribution in [0, 0.1) is 0 Å². The predicted octanol–water partition coefficient (Wildman–Crippen LogP) is 8.27. The lowest BCUT2D eigenvalue weighted by Crippen LogP contribution is -1.92. The molecule has 0 saturated heterocycles. The molecule has 4 nitrogen and oxygen atoms in total. The van der Waals surface area contributed by atoms with Gasteiger partial charge in [-0.05, 0) is 65.0 Å². The van der Waals surface area contributed by atoms with Crippen molar-refractivity contribution in [3.8, 4) is 22.6 Å². The molecule has 0 bridgehead atoms. The van der Waals surface area contributed by atoms with Gasteiger partial charge in [-0.2, -0.15) is 0 Å². The van der Waals surface area contributed by atoms with Gasteiger partial charge in [-0.15, -0.1) is 0 Å². The zero-order valence-corrected chi connectivity index (χ0v) is 19.2. The average molecular weight is 462 g/mol. The van der Waals surface area contributed by atoms with E-state index in [4.69, 9.17) is 9.40 Å². The molecule has 0 radical (unpaired) electrons. The lowest BCUT2D eigenvalue weighted by atomic mass is 9.98. The summed E-state index contributed by atoms with van der Waals surface area (Å²) >= 11 is 0. The number of pyridine rings is 1. The monoisotopic (exact) mass is 461 g/mol. The molecule has 0 atom stereocenters. The van der Waals surface area contributed by atoms with Crippen LogP contribution in [0.2, 0.25) is 0 Å². The maximum Gasteiger partial charge on any atom is 0.227 e. The first kappa shape index (κ1) is 19.4. The van der Waals surface area contributed by atoms with Gasteiger partial charge >= 0.3 is 0 Å². The summed E-state index contributed by atoms with van der Waals surface area (Å²) in [6.07, 6.45) is 0. The highest BCUT2D eigenvalue weighted by Gasteiger charge is 2.14. The Labute approximate surface area is 206 Å². The summed E-state index contributed by atoms with van der Waals surface area (Å²) in [6, 6.07) is 39.8. The standard InChI is InChI=1S/C32H19N3O/c1-4-10-28-24(7-1)23-18-17-22(19-25(23)31-33-26-8-2-5-11-29(26)35(28)31)20-13-15-21(16-14-20)32-34-27-9-3-6-12-30(27)36-32/h1-19H. The Bertz CT molecular complexity index is 2070. The largest absolute Gasteiger partial charge is 0.436 e. The van der Waals surface area contributed by atoms with Gasteiger partial charge in [0, 0.05) is 16.3 Å². The molecule has 8 aromatic rings. The van der Waals surface area contributed by atoms with Crippen molar-refractivity contribution < 1.29 is 4.42 Å². The molecule has 8 rings (SSSR count). The molecule has 0 aliphatic heterocycles. The second kappa shape index (κ2) is 7.27. The van der Waals surface area contributed by atoms with Crippen LogP contribution in [0.5, 0.6) is 0 Å². The Balaban J connectivity index is 1.32. The number of imidazole rings is 1. The Morgan fingerprint density at radius 3 is 2.06 bits per heavy atom. The van der Waals surface area contributed by atoms with Crippen LogP contribution in [0.3, 0.4) is 0 Å². The molecule has 0 fully saturated rings. The zero-order valence-electron chi connectivity index (χ0n) is 19.2. The molecule has 0 aliphatic rings. The molecule has 0 N–H and O–H groups in total. The third-order valence-electron chi connectivity index (χ3n) is 7.02.